The van der Waals surface area contributed by atoms with Gasteiger partial charge >= 0.3 is 5.97 Å². The number of esters is 1. The van der Waals surface area contributed by atoms with E-state index in [1.54, 1.807) is 35.0 Å². The van der Waals surface area contributed by atoms with Gasteiger partial charge in [-0.15, -0.1) is 0 Å². The van der Waals surface area contributed by atoms with Gasteiger partial charge in [-0.1, -0.05) is 30.3 Å². The third-order valence-corrected chi connectivity index (χ3v) is 3.84. The highest BCUT2D eigenvalue weighted by atomic mass is 16.5. The van der Waals surface area contributed by atoms with Crippen LogP contribution in [0.15, 0.2) is 60.7 Å². The lowest BCUT2D eigenvalue weighted by Crippen LogP contribution is -2.22. The monoisotopic (exact) mass is 379 g/mol. The highest BCUT2D eigenvalue weighted by molar-refractivity contribution is 5.96. The highest BCUT2D eigenvalue weighted by Crippen LogP contribution is 2.19. The molecule has 2 aromatic carbocycles. The van der Waals surface area contributed by atoms with Crippen molar-refractivity contribution in [3.05, 3.63) is 71.9 Å². The fourth-order valence-corrected chi connectivity index (χ4v) is 2.66. The van der Waals surface area contributed by atoms with E-state index in [2.05, 4.69) is 10.4 Å². The molecule has 3 rings (SSSR count). The lowest BCUT2D eigenvalue weighted by atomic mass is 10.2. The van der Waals surface area contributed by atoms with Gasteiger partial charge in [-0.25, -0.2) is 9.48 Å². The minimum Gasteiger partial charge on any atom is -0.493 e. The van der Waals surface area contributed by atoms with Gasteiger partial charge in [0.15, 0.2) is 6.61 Å². The van der Waals surface area contributed by atoms with E-state index in [0.29, 0.717) is 18.2 Å². The van der Waals surface area contributed by atoms with Crippen LogP contribution in [0.5, 0.6) is 5.75 Å². The van der Waals surface area contributed by atoms with Crippen molar-refractivity contribution in [2.45, 2.75) is 13.8 Å². The summed E-state index contributed by atoms with van der Waals surface area (Å²) in [5.41, 5.74) is 1.85. The zero-order chi connectivity index (χ0) is 19.9. The number of hydrogen-bond acceptors (Lipinski definition) is 5. The van der Waals surface area contributed by atoms with Gasteiger partial charge in [-0.05, 0) is 38.1 Å². The number of amides is 1. The fraction of sp³-hybridized carbons (Fsp3) is 0.190. The number of carbonyl (C=O) groups is 2. The smallest absolute Gasteiger partial charge is 0.342 e. The van der Waals surface area contributed by atoms with Crippen LogP contribution in [0.1, 0.15) is 23.0 Å². The second kappa shape index (κ2) is 8.85. The number of ether oxygens (including phenoxy) is 2. The Morgan fingerprint density at radius 1 is 1.07 bits per heavy atom. The van der Waals surface area contributed by atoms with E-state index in [9.17, 15) is 9.59 Å². The fourth-order valence-electron chi connectivity index (χ4n) is 2.66. The minimum atomic E-state index is -0.619. The number of carbonyl (C=O) groups excluding carboxylic acids is 2. The van der Waals surface area contributed by atoms with Crippen molar-refractivity contribution in [2.24, 2.45) is 0 Å². The predicted octanol–water partition coefficient (Wildman–Crippen LogP) is 3.37. The number of para-hydroxylation sites is 2. The first-order chi connectivity index (χ1) is 13.6. The number of anilines is 1. The van der Waals surface area contributed by atoms with Crippen molar-refractivity contribution in [1.82, 2.24) is 9.78 Å². The van der Waals surface area contributed by atoms with Crippen LogP contribution >= 0.6 is 0 Å². The van der Waals surface area contributed by atoms with Crippen LogP contribution in [0.3, 0.4) is 0 Å². The number of benzene rings is 2. The average molecular weight is 379 g/mol. The zero-order valence-electron chi connectivity index (χ0n) is 15.7. The topological polar surface area (TPSA) is 82.4 Å². The first-order valence-electron chi connectivity index (χ1n) is 8.89. The molecule has 28 heavy (non-hydrogen) atoms. The Kier molecular flexibility index (Phi) is 6.06. The van der Waals surface area contributed by atoms with Gasteiger partial charge in [0.05, 0.1) is 18.0 Å². The molecule has 0 radical (unpaired) electrons. The third kappa shape index (κ3) is 4.56. The van der Waals surface area contributed by atoms with E-state index in [1.165, 1.54) is 0 Å². The van der Waals surface area contributed by atoms with Crippen LogP contribution in [-0.4, -0.2) is 34.9 Å². The van der Waals surface area contributed by atoms with E-state index in [4.69, 9.17) is 9.47 Å². The van der Waals surface area contributed by atoms with Gasteiger partial charge in [0.1, 0.15) is 17.1 Å². The van der Waals surface area contributed by atoms with Crippen LogP contribution in [0, 0.1) is 6.92 Å². The van der Waals surface area contributed by atoms with Gasteiger partial charge in [-0.2, -0.15) is 5.10 Å². The Morgan fingerprint density at radius 2 is 1.79 bits per heavy atom. The molecule has 1 aromatic heterocycles. The molecule has 7 heteroatoms. The SMILES string of the molecule is CCOc1ccccc1C(=O)OCC(=O)Nc1cc(C)nn1-c1ccccc1. The Balaban J connectivity index is 1.65. The summed E-state index contributed by atoms with van der Waals surface area (Å²) in [5.74, 6) is -0.154. The molecule has 0 aliphatic rings. The van der Waals surface area contributed by atoms with E-state index in [1.807, 2.05) is 44.2 Å². The van der Waals surface area contributed by atoms with E-state index < -0.39 is 18.5 Å². The lowest BCUT2D eigenvalue weighted by molar-refractivity contribution is -0.119. The molecule has 1 amide bonds. The molecule has 0 aliphatic carbocycles. The van der Waals surface area contributed by atoms with Crippen molar-refractivity contribution >= 4 is 17.7 Å². The summed E-state index contributed by atoms with van der Waals surface area (Å²) in [4.78, 5) is 24.6. The number of aromatic nitrogens is 2. The highest BCUT2D eigenvalue weighted by Gasteiger charge is 2.16. The first kappa shape index (κ1) is 19.2. The summed E-state index contributed by atoms with van der Waals surface area (Å²) >= 11 is 0. The molecule has 0 saturated carbocycles. The van der Waals surface area contributed by atoms with Gasteiger partial charge in [0.25, 0.3) is 5.91 Å². The standard InChI is InChI=1S/C21H21N3O4/c1-3-27-18-12-8-7-11-17(18)21(26)28-14-20(25)22-19-13-15(2)23-24(19)16-9-5-4-6-10-16/h4-13H,3,14H2,1-2H3,(H,22,25). The van der Waals surface area contributed by atoms with Gasteiger partial charge < -0.3 is 14.8 Å². The predicted molar refractivity (Wildman–Crippen MR) is 105 cm³/mol. The Bertz CT molecular complexity index is 967. The Morgan fingerprint density at radius 3 is 2.54 bits per heavy atom. The van der Waals surface area contributed by atoms with Crippen molar-refractivity contribution < 1.29 is 19.1 Å². The molecule has 0 bridgehead atoms. The summed E-state index contributed by atoms with van der Waals surface area (Å²) in [6.45, 7) is 3.67. The molecule has 0 unspecified atom stereocenters. The molecule has 1 N–H and O–H groups in total. The minimum absolute atomic E-state index is 0.280. The first-order valence-corrected chi connectivity index (χ1v) is 8.89. The largest absolute Gasteiger partial charge is 0.493 e. The molecule has 0 aliphatic heterocycles. The van der Waals surface area contributed by atoms with Crippen LogP contribution in [0.4, 0.5) is 5.82 Å². The number of rotatable bonds is 7. The lowest BCUT2D eigenvalue weighted by Gasteiger charge is -2.11. The van der Waals surface area contributed by atoms with Gasteiger partial charge in [0.2, 0.25) is 0 Å². The van der Waals surface area contributed by atoms with Crippen molar-refractivity contribution in [2.75, 3.05) is 18.5 Å². The van der Waals surface area contributed by atoms with Gasteiger partial charge in [0, 0.05) is 6.07 Å². The van der Waals surface area contributed by atoms with Crippen molar-refractivity contribution in [1.29, 1.82) is 0 Å². The van der Waals surface area contributed by atoms with Crippen molar-refractivity contribution in [3.8, 4) is 11.4 Å². The Labute approximate surface area is 162 Å². The molecule has 7 nitrogen and oxygen atoms in total. The molecule has 144 valence electrons. The molecular weight excluding hydrogens is 358 g/mol. The molecule has 3 aromatic rings. The number of hydrogen-bond donors (Lipinski definition) is 1. The third-order valence-electron chi connectivity index (χ3n) is 3.84. The maximum atomic E-state index is 12.3. The molecular formula is C21H21N3O4. The maximum absolute atomic E-state index is 12.3. The summed E-state index contributed by atoms with van der Waals surface area (Å²) in [6, 6.07) is 17.9. The van der Waals surface area contributed by atoms with E-state index in [0.717, 1.165) is 11.4 Å². The van der Waals surface area contributed by atoms with Crippen molar-refractivity contribution in [3.63, 3.8) is 0 Å². The summed E-state index contributed by atoms with van der Waals surface area (Å²) in [5, 5.41) is 7.12. The Hall–Kier alpha value is -3.61. The van der Waals surface area contributed by atoms with Gasteiger partial charge in [-0.3, -0.25) is 4.79 Å². The van der Waals surface area contributed by atoms with Crippen LogP contribution in [0.2, 0.25) is 0 Å². The second-order valence-corrected chi connectivity index (χ2v) is 5.97. The molecule has 0 spiro atoms. The molecule has 0 atom stereocenters. The van der Waals surface area contributed by atoms with E-state index in [-0.39, 0.29) is 5.56 Å². The zero-order valence-corrected chi connectivity index (χ0v) is 15.7. The normalized spacial score (nSPS) is 10.4. The summed E-state index contributed by atoms with van der Waals surface area (Å²) in [7, 11) is 0. The average Bonchev–Trinajstić information content (AvgIpc) is 3.07. The van der Waals surface area contributed by atoms with Crippen LogP contribution in [0.25, 0.3) is 5.69 Å². The molecule has 1 heterocycles. The number of nitrogens with one attached hydrogen (secondary N) is 1. The summed E-state index contributed by atoms with van der Waals surface area (Å²) in [6.07, 6.45) is 0. The van der Waals surface area contributed by atoms with Crippen LogP contribution in [-0.2, 0) is 9.53 Å². The number of nitrogens with zero attached hydrogens (tertiary/aromatic N) is 2. The van der Waals surface area contributed by atoms with Crippen LogP contribution < -0.4 is 10.1 Å². The van der Waals surface area contributed by atoms with E-state index >= 15 is 0 Å². The second-order valence-electron chi connectivity index (χ2n) is 5.97. The summed E-state index contributed by atoms with van der Waals surface area (Å²) < 4.78 is 12.2. The number of aryl methyl sites for hydroxylation is 1. The molecule has 0 fully saturated rings. The molecule has 0 saturated heterocycles. The quantitative estimate of drug-likeness (QED) is 0.637. The maximum Gasteiger partial charge on any atom is 0.342 e.